The molecule has 12 rings (SSSR count). The van der Waals surface area contributed by atoms with E-state index in [4.69, 9.17) is 8.83 Å². The van der Waals surface area contributed by atoms with Crippen molar-refractivity contribution in [1.29, 1.82) is 0 Å². The average molecular weight is 713 g/mol. The van der Waals surface area contributed by atoms with Gasteiger partial charge in [-0.25, -0.2) is 0 Å². The van der Waals surface area contributed by atoms with Crippen LogP contribution < -0.4 is 0 Å². The standard InChI is InChI=1S/C54H32O2/c1-2-16-35(17-3-1)54-53(52-39-20-7-5-15-34(39)29-31-47(52)56-54)51-42-23-10-8-21-40(42)49(41-22-9-11-24-43(41)51)45-26-13-27-46-50(45)44-30-28-36(32-48(44)55-46)38-25-12-18-33-14-4-6-19-37(33)38/h1-32H. The van der Waals surface area contributed by atoms with Crippen LogP contribution in [0.25, 0.3) is 121 Å². The lowest BCUT2D eigenvalue weighted by molar-refractivity contribution is 0.633. The number of hydrogen-bond acceptors (Lipinski definition) is 2. The number of rotatable bonds is 4. The van der Waals surface area contributed by atoms with E-state index >= 15 is 0 Å². The van der Waals surface area contributed by atoms with Gasteiger partial charge in [0, 0.05) is 32.8 Å². The summed E-state index contributed by atoms with van der Waals surface area (Å²) in [4.78, 5) is 0. The van der Waals surface area contributed by atoms with E-state index < -0.39 is 0 Å². The highest BCUT2D eigenvalue weighted by molar-refractivity contribution is 6.29. The zero-order valence-electron chi connectivity index (χ0n) is 30.3. The Morgan fingerprint density at radius 3 is 1.59 bits per heavy atom. The molecule has 2 aromatic heterocycles. The van der Waals surface area contributed by atoms with Crippen LogP contribution in [0.5, 0.6) is 0 Å². The number of furan rings is 2. The van der Waals surface area contributed by atoms with Gasteiger partial charge in [-0.2, -0.15) is 0 Å². The van der Waals surface area contributed by atoms with Crippen molar-refractivity contribution in [3.05, 3.63) is 194 Å². The summed E-state index contributed by atoms with van der Waals surface area (Å²) in [6.07, 6.45) is 0. The summed E-state index contributed by atoms with van der Waals surface area (Å²) in [6.45, 7) is 0. The van der Waals surface area contributed by atoms with Gasteiger partial charge in [0.1, 0.15) is 22.5 Å². The fourth-order valence-corrected chi connectivity index (χ4v) is 9.27. The molecule has 0 atom stereocenters. The fourth-order valence-electron chi connectivity index (χ4n) is 9.27. The number of benzene rings is 10. The summed E-state index contributed by atoms with van der Waals surface area (Å²) in [5, 5.41) is 12.9. The van der Waals surface area contributed by atoms with Crippen LogP contribution in [-0.4, -0.2) is 0 Å². The van der Waals surface area contributed by atoms with Crippen LogP contribution in [0, 0.1) is 0 Å². The molecule has 2 heterocycles. The smallest absolute Gasteiger partial charge is 0.143 e. The lowest BCUT2D eigenvalue weighted by Crippen LogP contribution is -1.92. The van der Waals surface area contributed by atoms with E-state index in [9.17, 15) is 0 Å². The van der Waals surface area contributed by atoms with Gasteiger partial charge < -0.3 is 8.83 Å². The summed E-state index contributed by atoms with van der Waals surface area (Å²) in [5.74, 6) is 0.880. The van der Waals surface area contributed by atoms with Crippen molar-refractivity contribution in [3.63, 3.8) is 0 Å². The van der Waals surface area contributed by atoms with Gasteiger partial charge in [0.2, 0.25) is 0 Å². The Hall–Kier alpha value is -7.42. The van der Waals surface area contributed by atoms with E-state index in [2.05, 4.69) is 194 Å². The number of fused-ring (bicyclic) bond motifs is 9. The van der Waals surface area contributed by atoms with E-state index in [1.54, 1.807) is 0 Å². The van der Waals surface area contributed by atoms with Crippen molar-refractivity contribution in [1.82, 2.24) is 0 Å². The molecule has 12 aromatic rings. The average Bonchev–Trinajstić information content (AvgIpc) is 3.84. The molecule has 260 valence electrons. The van der Waals surface area contributed by atoms with Crippen LogP contribution in [0.1, 0.15) is 0 Å². The Morgan fingerprint density at radius 2 is 0.839 bits per heavy atom. The van der Waals surface area contributed by atoms with E-state index in [0.29, 0.717) is 0 Å². The van der Waals surface area contributed by atoms with Gasteiger partial charge in [-0.1, -0.05) is 170 Å². The Bertz CT molecular complexity index is 3470. The molecule has 56 heavy (non-hydrogen) atoms. The molecule has 2 nitrogen and oxygen atoms in total. The molecule has 0 aliphatic rings. The number of hydrogen-bond donors (Lipinski definition) is 0. The molecule has 0 fully saturated rings. The molecule has 2 heteroatoms. The lowest BCUT2D eigenvalue weighted by atomic mass is 9.83. The molecule has 0 aliphatic carbocycles. The molecule has 0 spiro atoms. The van der Waals surface area contributed by atoms with E-state index in [0.717, 1.165) is 60.9 Å². The molecule has 0 bridgehead atoms. The minimum Gasteiger partial charge on any atom is -0.456 e. The van der Waals surface area contributed by atoms with Gasteiger partial charge in [0.05, 0.1) is 0 Å². The van der Waals surface area contributed by atoms with Crippen molar-refractivity contribution in [2.24, 2.45) is 0 Å². The maximum absolute atomic E-state index is 6.91. The predicted octanol–water partition coefficient (Wildman–Crippen LogP) is 15.6. The summed E-state index contributed by atoms with van der Waals surface area (Å²) in [7, 11) is 0. The first-order valence-corrected chi connectivity index (χ1v) is 19.2. The van der Waals surface area contributed by atoms with Crippen molar-refractivity contribution < 1.29 is 8.83 Å². The van der Waals surface area contributed by atoms with Crippen molar-refractivity contribution in [2.45, 2.75) is 0 Å². The molecule has 0 saturated carbocycles. The minimum absolute atomic E-state index is 0.878. The van der Waals surface area contributed by atoms with Gasteiger partial charge in [0.15, 0.2) is 0 Å². The first-order chi connectivity index (χ1) is 27.8. The third-order valence-corrected chi connectivity index (χ3v) is 11.7. The molecular weight excluding hydrogens is 681 g/mol. The van der Waals surface area contributed by atoms with Gasteiger partial charge in [-0.05, 0) is 89.6 Å². The van der Waals surface area contributed by atoms with E-state index in [1.165, 1.54) is 59.8 Å². The highest BCUT2D eigenvalue weighted by Crippen LogP contribution is 2.52. The summed E-state index contributed by atoms with van der Waals surface area (Å²) < 4.78 is 13.6. The Balaban J connectivity index is 1.17. The van der Waals surface area contributed by atoms with Crippen LogP contribution in [0.15, 0.2) is 203 Å². The first kappa shape index (κ1) is 31.0. The zero-order chi connectivity index (χ0) is 36.7. The third-order valence-electron chi connectivity index (χ3n) is 11.7. The van der Waals surface area contributed by atoms with Gasteiger partial charge >= 0.3 is 0 Å². The molecule has 10 aromatic carbocycles. The maximum Gasteiger partial charge on any atom is 0.143 e. The van der Waals surface area contributed by atoms with Crippen LogP contribution in [0.2, 0.25) is 0 Å². The highest BCUT2D eigenvalue weighted by Gasteiger charge is 2.26. The highest BCUT2D eigenvalue weighted by atomic mass is 16.3. The van der Waals surface area contributed by atoms with Gasteiger partial charge in [-0.3, -0.25) is 0 Å². The predicted molar refractivity (Wildman–Crippen MR) is 235 cm³/mol. The molecule has 0 amide bonds. The van der Waals surface area contributed by atoms with Crippen molar-refractivity contribution >= 4 is 76.0 Å². The zero-order valence-corrected chi connectivity index (χ0v) is 30.3. The van der Waals surface area contributed by atoms with Crippen LogP contribution in [0.4, 0.5) is 0 Å². The molecule has 0 unspecified atom stereocenters. The van der Waals surface area contributed by atoms with Crippen molar-refractivity contribution in [3.8, 4) is 44.7 Å². The summed E-state index contributed by atoms with van der Waals surface area (Å²) in [5.41, 5.74) is 10.7. The quantitative estimate of drug-likeness (QED) is 0.170. The topological polar surface area (TPSA) is 26.3 Å². The molecule has 0 aliphatic heterocycles. The molecule has 0 radical (unpaired) electrons. The van der Waals surface area contributed by atoms with Gasteiger partial charge in [-0.15, -0.1) is 0 Å². The molecule has 0 N–H and O–H groups in total. The largest absolute Gasteiger partial charge is 0.456 e. The second-order valence-electron chi connectivity index (χ2n) is 14.7. The SMILES string of the molecule is c1ccc(-c2oc3ccc4ccccc4c3c2-c2c3ccccc3c(-c3cccc4oc5cc(-c6cccc7ccccc67)ccc5c34)c3ccccc23)cc1. The Labute approximate surface area is 322 Å². The summed E-state index contributed by atoms with van der Waals surface area (Å²) >= 11 is 0. The normalized spacial score (nSPS) is 11.9. The maximum atomic E-state index is 6.91. The fraction of sp³-hybridized carbons (Fsp3) is 0. The monoisotopic (exact) mass is 712 g/mol. The van der Waals surface area contributed by atoms with E-state index in [1.807, 2.05) is 0 Å². The van der Waals surface area contributed by atoms with Crippen LogP contribution >= 0.6 is 0 Å². The van der Waals surface area contributed by atoms with Crippen LogP contribution in [0.3, 0.4) is 0 Å². The lowest BCUT2D eigenvalue weighted by Gasteiger charge is -2.18. The third kappa shape index (κ3) is 4.50. The second-order valence-corrected chi connectivity index (χ2v) is 14.7. The molecule has 0 saturated heterocycles. The van der Waals surface area contributed by atoms with E-state index in [-0.39, 0.29) is 0 Å². The minimum atomic E-state index is 0.878. The van der Waals surface area contributed by atoms with Crippen LogP contribution in [-0.2, 0) is 0 Å². The second kappa shape index (κ2) is 12.0. The Kier molecular flexibility index (Phi) is 6.66. The first-order valence-electron chi connectivity index (χ1n) is 19.2. The van der Waals surface area contributed by atoms with Gasteiger partial charge in [0.25, 0.3) is 0 Å². The Morgan fingerprint density at radius 1 is 0.268 bits per heavy atom. The molecular formula is C54H32O2. The van der Waals surface area contributed by atoms with Crippen molar-refractivity contribution in [2.75, 3.05) is 0 Å². The summed E-state index contributed by atoms with van der Waals surface area (Å²) in [6, 6.07) is 69.5.